The topological polar surface area (TPSA) is 27.7 Å². The molecule has 22 heavy (non-hydrogen) atoms. The predicted octanol–water partition coefficient (Wildman–Crippen LogP) is 5.39. The van der Waals surface area contributed by atoms with E-state index in [1.165, 1.54) is 0 Å². The van der Waals surface area contributed by atoms with Gasteiger partial charge in [0.05, 0.1) is 17.7 Å². The van der Waals surface area contributed by atoms with Gasteiger partial charge < -0.3 is 14.2 Å². The van der Waals surface area contributed by atoms with Gasteiger partial charge in [-0.2, -0.15) is 0 Å². The SMILES string of the molecule is C[C@H]1CO[C@@](C)(c2ccc(Oc3ccc(Cl)cc3)cc2Cl)O1. The van der Waals surface area contributed by atoms with Gasteiger partial charge in [-0.25, -0.2) is 0 Å². The van der Waals surface area contributed by atoms with Crippen LogP contribution in [0.15, 0.2) is 42.5 Å². The second-order valence-electron chi connectivity index (χ2n) is 5.38. The van der Waals surface area contributed by atoms with Crippen molar-refractivity contribution >= 4 is 23.2 Å². The Morgan fingerprint density at radius 3 is 2.36 bits per heavy atom. The fourth-order valence-corrected chi connectivity index (χ4v) is 2.90. The van der Waals surface area contributed by atoms with Crippen LogP contribution in [0.2, 0.25) is 10.0 Å². The average molecular weight is 339 g/mol. The molecule has 116 valence electrons. The van der Waals surface area contributed by atoms with E-state index in [1.54, 1.807) is 30.3 Å². The molecule has 0 spiro atoms. The molecule has 0 aromatic heterocycles. The summed E-state index contributed by atoms with van der Waals surface area (Å²) in [5.74, 6) is 0.530. The molecule has 0 aliphatic carbocycles. The van der Waals surface area contributed by atoms with E-state index in [1.807, 2.05) is 26.0 Å². The molecule has 2 aromatic carbocycles. The highest BCUT2D eigenvalue weighted by Gasteiger charge is 2.38. The largest absolute Gasteiger partial charge is 0.457 e. The van der Waals surface area contributed by atoms with Crippen molar-refractivity contribution < 1.29 is 14.2 Å². The molecule has 5 heteroatoms. The molecule has 2 aromatic rings. The van der Waals surface area contributed by atoms with E-state index in [2.05, 4.69) is 0 Å². The Balaban J connectivity index is 1.82. The summed E-state index contributed by atoms with van der Waals surface area (Å²) in [6.07, 6.45) is 0.0473. The molecule has 0 bridgehead atoms. The molecule has 1 saturated heterocycles. The Morgan fingerprint density at radius 2 is 1.77 bits per heavy atom. The van der Waals surface area contributed by atoms with Crippen molar-refractivity contribution in [3.05, 3.63) is 58.1 Å². The van der Waals surface area contributed by atoms with E-state index in [-0.39, 0.29) is 6.10 Å². The summed E-state index contributed by atoms with van der Waals surface area (Å²) in [7, 11) is 0. The molecule has 1 heterocycles. The van der Waals surface area contributed by atoms with E-state index in [0.717, 1.165) is 5.56 Å². The van der Waals surface area contributed by atoms with Crippen LogP contribution in [0.25, 0.3) is 0 Å². The first kappa shape index (κ1) is 15.6. The number of hydrogen-bond donors (Lipinski definition) is 0. The first-order valence-electron chi connectivity index (χ1n) is 7.01. The monoisotopic (exact) mass is 338 g/mol. The van der Waals surface area contributed by atoms with Crippen LogP contribution in [0, 0.1) is 0 Å². The normalized spacial score (nSPS) is 24.5. The fourth-order valence-electron chi connectivity index (χ4n) is 2.44. The molecule has 0 radical (unpaired) electrons. The average Bonchev–Trinajstić information content (AvgIpc) is 2.82. The summed E-state index contributed by atoms with van der Waals surface area (Å²) in [6, 6.07) is 12.6. The van der Waals surface area contributed by atoms with Crippen LogP contribution in [0.5, 0.6) is 11.5 Å². The van der Waals surface area contributed by atoms with Gasteiger partial charge in [0.2, 0.25) is 0 Å². The van der Waals surface area contributed by atoms with Crippen LogP contribution in [-0.2, 0) is 15.3 Å². The minimum Gasteiger partial charge on any atom is -0.457 e. The predicted molar refractivity (Wildman–Crippen MR) is 86.8 cm³/mol. The number of halogens is 2. The van der Waals surface area contributed by atoms with E-state index in [4.69, 9.17) is 37.4 Å². The zero-order chi connectivity index (χ0) is 15.7. The van der Waals surface area contributed by atoms with Gasteiger partial charge in [-0.3, -0.25) is 0 Å². The third-order valence-electron chi connectivity index (χ3n) is 3.50. The zero-order valence-corrected chi connectivity index (χ0v) is 13.8. The summed E-state index contributed by atoms with van der Waals surface area (Å²) in [5, 5.41) is 1.21. The number of benzene rings is 2. The molecule has 2 atom stereocenters. The van der Waals surface area contributed by atoms with Crippen LogP contribution in [0.3, 0.4) is 0 Å². The Labute approximate surface area is 139 Å². The van der Waals surface area contributed by atoms with Crippen LogP contribution in [0.1, 0.15) is 19.4 Å². The highest BCUT2D eigenvalue weighted by Crippen LogP contribution is 2.39. The molecule has 1 fully saturated rings. The molecular weight excluding hydrogens is 323 g/mol. The van der Waals surface area contributed by atoms with Crippen LogP contribution in [-0.4, -0.2) is 12.7 Å². The van der Waals surface area contributed by atoms with Crippen molar-refractivity contribution in [3.8, 4) is 11.5 Å². The van der Waals surface area contributed by atoms with Crippen molar-refractivity contribution in [2.24, 2.45) is 0 Å². The molecule has 0 amide bonds. The molecule has 3 nitrogen and oxygen atoms in total. The summed E-state index contributed by atoms with van der Waals surface area (Å²) in [6.45, 7) is 4.39. The van der Waals surface area contributed by atoms with Crippen molar-refractivity contribution in [1.29, 1.82) is 0 Å². The first-order valence-corrected chi connectivity index (χ1v) is 7.77. The lowest BCUT2D eigenvalue weighted by atomic mass is 10.1. The molecular formula is C17H16Cl2O3. The summed E-state index contributed by atoms with van der Waals surface area (Å²) in [4.78, 5) is 0. The lowest BCUT2D eigenvalue weighted by Gasteiger charge is -2.24. The molecule has 1 aliphatic heterocycles. The van der Waals surface area contributed by atoms with E-state index in [9.17, 15) is 0 Å². The first-order chi connectivity index (χ1) is 10.5. The van der Waals surface area contributed by atoms with Gasteiger partial charge in [-0.05, 0) is 56.3 Å². The maximum Gasteiger partial charge on any atom is 0.193 e. The summed E-state index contributed by atoms with van der Waals surface area (Å²) in [5.41, 5.74) is 0.793. The van der Waals surface area contributed by atoms with E-state index in [0.29, 0.717) is 28.2 Å². The Kier molecular flexibility index (Phi) is 4.33. The van der Waals surface area contributed by atoms with Gasteiger partial charge in [0.15, 0.2) is 5.79 Å². The molecule has 0 N–H and O–H groups in total. The Bertz CT molecular complexity index is 672. The van der Waals surface area contributed by atoms with Crippen molar-refractivity contribution in [2.45, 2.75) is 25.7 Å². The fraction of sp³-hybridized carbons (Fsp3) is 0.294. The van der Waals surface area contributed by atoms with Gasteiger partial charge in [0.1, 0.15) is 11.5 Å². The van der Waals surface area contributed by atoms with Crippen LogP contribution in [0.4, 0.5) is 0 Å². The van der Waals surface area contributed by atoms with E-state index < -0.39 is 5.79 Å². The van der Waals surface area contributed by atoms with Crippen molar-refractivity contribution in [3.63, 3.8) is 0 Å². The molecule has 1 aliphatic rings. The Hall–Kier alpha value is -1.26. The van der Waals surface area contributed by atoms with Crippen molar-refractivity contribution in [1.82, 2.24) is 0 Å². The van der Waals surface area contributed by atoms with Gasteiger partial charge in [-0.1, -0.05) is 23.2 Å². The minimum absolute atomic E-state index is 0.0473. The third kappa shape index (κ3) is 3.23. The molecule has 0 saturated carbocycles. The van der Waals surface area contributed by atoms with Crippen LogP contribution < -0.4 is 4.74 Å². The summed E-state index contributed by atoms with van der Waals surface area (Å²) < 4.78 is 17.3. The van der Waals surface area contributed by atoms with Gasteiger partial charge in [0.25, 0.3) is 0 Å². The third-order valence-corrected chi connectivity index (χ3v) is 4.06. The quantitative estimate of drug-likeness (QED) is 0.750. The van der Waals surface area contributed by atoms with Crippen molar-refractivity contribution in [2.75, 3.05) is 6.61 Å². The Morgan fingerprint density at radius 1 is 1.09 bits per heavy atom. The molecule has 3 rings (SSSR count). The van der Waals surface area contributed by atoms with Gasteiger partial charge in [-0.15, -0.1) is 0 Å². The van der Waals surface area contributed by atoms with Gasteiger partial charge in [0, 0.05) is 10.6 Å². The lowest BCUT2D eigenvalue weighted by Crippen LogP contribution is -2.23. The standard InChI is InChI=1S/C17H16Cl2O3/c1-11-10-20-17(2,22-11)15-8-7-14(9-16(15)19)21-13-5-3-12(18)4-6-13/h3-9,11H,10H2,1-2H3/t11-,17+/m0/s1. The number of ether oxygens (including phenoxy) is 3. The highest BCUT2D eigenvalue weighted by molar-refractivity contribution is 6.31. The molecule has 0 unspecified atom stereocenters. The smallest absolute Gasteiger partial charge is 0.193 e. The summed E-state index contributed by atoms with van der Waals surface area (Å²) >= 11 is 12.2. The number of hydrogen-bond acceptors (Lipinski definition) is 3. The highest BCUT2D eigenvalue weighted by atomic mass is 35.5. The lowest BCUT2D eigenvalue weighted by molar-refractivity contribution is -0.159. The van der Waals surface area contributed by atoms with Gasteiger partial charge >= 0.3 is 0 Å². The number of rotatable bonds is 3. The minimum atomic E-state index is -0.810. The second-order valence-corrected chi connectivity index (χ2v) is 6.23. The van der Waals surface area contributed by atoms with Crippen LogP contribution >= 0.6 is 23.2 Å². The maximum absolute atomic E-state index is 6.38. The second kappa shape index (κ2) is 6.09. The zero-order valence-electron chi connectivity index (χ0n) is 12.3. The van der Waals surface area contributed by atoms with E-state index >= 15 is 0 Å². The maximum atomic E-state index is 6.38.